The Morgan fingerprint density at radius 1 is 0.963 bits per heavy atom. The summed E-state index contributed by atoms with van der Waals surface area (Å²) in [5.74, 6) is -0.256. The molecule has 0 fully saturated rings. The van der Waals surface area contributed by atoms with Crippen LogP contribution in [-0.4, -0.2) is 30.8 Å². The molecule has 0 bridgehead atoms. The van der Waals surface area contributed by atoms with Gasteiger partial charge in [0.25, 0.3) is 5.91 Å². The van der Waals surface area contributed by atoms with Crippen molar-refractivity contribution in [1.29, 1.82) is 0 Å². The monoisotopic (exact) mass is 368 g/mol. The minimum absolute atomic E-state index is 0.170. The van der Waals surface area contributed by atoms with E-state index in [2.05, 4.69) is 17.5 Å². The second-order valence-electron chi connectivity index (χ2n) is 5.74. The third-order valence-corrected chi connectivity index (χ3v) is 3.64. The maximum Gasteiger partial charge on any atom is 0.338 e. The summed E-state index contributed by atoms with van der Waals surface area (Å²) in [4.78, 5) is 23.6. The molecule has 27 heavy (non-hydrogen) atoms. The number of hydrazone groups is 1. The number of nitrogens with one attached hydrogen (secondary N) is 1. The van der Waals surface area contributed by atoms with Crippen LogP contribution in [0.4, 0.5) is 0 Å². The molecule has 1 N–H and O–H groups in total. The van der Waals surface area contributed by atoms with Crippen molar-refractivity contribution in [3.8, 4) is 5.75 Å². The second-order valence-corrected chi connectivity index (χ2v) is 5.74. The second kappa shape index (κ2) is 10.8. The molecule has 2 aromatic carbocycles. The summed E-state index contributed by atoms with van der Waals surface area (Å²) in [7, 11) is 0. The van der Waals surface area contributed by atoms with Crippen LogP contribution in [0.2, 0.25) is 0 Å². The van der Waals surface area contributed by atoms with Crippen molar-refractivity contribution >= 4 is 17.6 Å². The molecule has 0 spiro atoms. The minimum Gasteiger partial charge on any atom is -0.484 e. The fourth-order valence-electron chi connectivity index (χ4n) is 2.34. The number of benzene rings is 2. The first-order chi connectivity index (χ1) is 13.1. The van der Waals surface area contributed by atoms with Gasteiger partial charge >= 0.3 is 5.97 Å². The standard InChI is InChI=1S/C21H24N2O4/c1-3-8-19(16-9-6-5-7-10-16)22-23-20(24)15-27-18-13-11-17(12-14-18)21(25)26-4-2/h5-7,9-14H,3-4,8,15H2,1-2H3,(H,23,24). The zero-order valence-electron chi connectivity index (χ0n) is 15.6. The minimum atomic E-state index is -0.388. The highest BCUT2D eigenvalue weighted by molar-refractivity contribution is 6.01. The quantitative estimate of drug-likeness (QED) is 0.417. The van der Waals surface area contributed by atoms with Crippen molar-refractivity contribution in [3.63, 3.8) is 0 Å². The van der Waals surface area contributed by atoms with E-state index in [1.165, 1.54) is 0 Å². The van der Waals surface area contributed by atoms with Crippen molar-refractivity contribution < 1.29 is 19.1 Å². The largest absolute Gasteiger partial charge is 0.484 e. The normalized spacial score (nSPS) is 11.0. The predicted octanol–water partition coefficient (Wildman–Crippen LogP) is 3.56. The zero-order valence-corrected chi connectivity index (χ0v) is 15.6. The van der Waals surface area contributed by atoms with Gasteiger partial charge in [0.2, 0.25) is 0 Å². The molecule has 142 valence electrons. The fourth-order valence-corrected chi connectivity index (χ4v) is 2.34. The number of rotatable bonds is 9. The first-order valence-corrected chi connectivity index (χ1v) is 8.94. The lowest BCUT2D eigenvalue weighted by molar-refractivity contribution is -0.123. The van der Waals surface area contributed by atoms with E-state index >= 15 is 0 Å². The Kier molecular flexibility index (Phi) is 8.03. The number of esters is 1. The van der Waals surface area contributed by atoms with E-state index in [9.17, 15) is 9.59 Å². The molecule has 0 unspecified atom stereocenters. The smallest absolute Gasteiger partial charge is 0.338 e. The molecule has 0 aliphatic heterocycles. The molecule has 6 heteroatoms. The maximum atomic E-state index is 12.0. The van der Waals surface area contributed by atoms with Crippen molar-refractivity contribution in [1.82, 2.24) is 5.43 Å². The molecular formula is C21H24N2O4. The number of hydrogen-bond acceptors (Lipinski definition) is 5. The fraction of sp³-hybridized carbons (Fsp3) is 0.286. The van der Waals surface area contributed by atoms with E-state index in [1.54, 1.807) is 31.2 Å². The average molecular weight is 368 g/mol. The van der Waals surface area contributed by atoms with Gasteiger partial charge in [-0.05, 0) is 43.2 Å². The number of carbonyl (C=O) groups excluding carboxylic acids is 2. The number of nitrogens with zero attached hydrogens (tertiary/aromatic N) is 1. The lowest BCUT2D eigenvalue weighted by Crippen LogP contribution is -2.26. The molecule has 0 saturated carbocycles. The first kappa shape index (κ1) is 20.2. The van der Waals surface area contributed by atoms with Gasteiger partial charge < -0.3 is 9.47 Å². The third kappa shape index (κ3) is 6.58. The molecule has 0 aromatic heterocycles. The van der Waals surface area contributed by atoms with Gasteiger partial charge in [-0.2, -0.15) is 5.10 Å². The van der Waals surface area contributed by atoms with Crippen LogP contribution in [0, 0.1) is 0 Å². The van der Waals surface area contributed by atoms with E-state index in [-0.39, 0.29) is 18.5 Å². The molecule has 2 aromatic rings. The van der Waals surface area contributed by atoms with Crippen molar-refractivity contribution in [2.24, 2.45) is 5.10 Å². The van der Waals surface area contributed by atoms with Crippen molar-refractivity contribution in [2.75, 3.05) is 13.2 Å². The summed E-state index contributed by atoms with van der Waals surface area (Å²) in [5.41, 5.74) is 4.77. The summed E-state index contributed by atoms with van der Waals surface area (Å²) in [5, 5.41) is 4.23. The van der Waals surface area contributed by atoms with Gasteiger partial charge in [0.15, 0.2) is 6.61 Å². The SMILES string of the molecule is CCCC(=NNC(=O)COc1ccc(C(=O)OCC)cc1)c1ccccc1. The average Bonchev–Trinajstić information content (AvgIpc) is 2.70. The molecule has 6 nitrogen and oxygen atoms in total. The van der Waals surface area contributed by atoms with Crippen molar-refractivity contribution in [3.05, 3.63) is 65.7 Å². The van der Waals surface area contributed by atoms with E-state index in [0.29, 0.717) is 17.9 Å². The predicted molar refractivity (Wildman–Crippen MR) is 104 cm³/mol. The number of ether oxygens (including phenoxy) is 2. The van der Waals surface area contributed by atoms with E-state index in [0.717, 1.165) is 24.1 Å². The highest BCUT2D eigenvalue weighted by Gasteiger charge is 2.08. The van der Waals surface area contributed by atoms with Gasteiger partial charge in [0.1, 0.15) is 5.75 Å². The third-order valence-electron chi connectivity index (χ3n) is 3.64. The Morgan fingerprint density at radius 2 is 1.67 bits per heavy atom. The number of amides is 1. The summed E-state index contributed by atoms with van der Waals surface area (Å²) >= 11 is 0. The Morgan fingerprint density at radius 3 is 2.30 bits per heavy atom. The molecule has 0 atom stereocenters. The van der Waals surface area contributed by atoms with Crippen LogP contribution in [0.15, 0.2) is 59.7 Å². The molecule has 0 saturated heterocycles. The summed E-state index contributed by atoms with van der Waals surface area (Å²) in [6, 6.07) is 16.2. The summed E-state index contributed by atoms with van der Waals surface area (Å²) in [6.07, 6.45) is 1.69. The van der Waals surface area contributed by atoms with Crippen LogP contribution in [-0.2, 0) is 9.53 Å². The Labute approximate surface area is 159 Å². The van der Waals surface area contributed by atoms with Crippen LogP contribution >= 0.6 is 0 Å². The zero-order chi connectivity index (χ0) is 19.5. The van der Waals surface area contributed by atoms with Crippen LogP contribution in [0.25, 0.3) is 0 Å². The highest BCUT2D eigenvalue weighted by atomic mass is 16.5. The molecule has 0 aliphatic carbocycles. The van der Waals surface area contributed by atoms with E-state index in [1.807, 2.05) is 30.3 Å². The first-order valence-electron chi connectivity index (χ1n) is 8.94. The van der Waals surface area contributed by atoms with Crippen molar-refractivity contribution in [2.45, 2.75) is 26.7 Å². The molecular weight excluding hydrogens is 344 g/mol. The van der Waals surface area contributed by atoms with Crippen LogP contribution in [0.3, 0.4) is 0 Å². The van der Waals surface area contributed by atoms with Gasteiger partial charge in [-0.25, -0.2) is 10.2 Å². The maximum absolute atomic E-state index is 12.0. The molecule has 0 radical (unpaired) electrons. The van der Waals surface area contributed by atoms with Gasteiger partial charge in [-0.3, -0.25) is 4.79 Å². The molecule has 2 rings (SSSR count). The van der Waals surface area contributed by atoms with Crippen LogP contribution in [0.1, 0.15) is 42.6 Å². The molecule has 1 amide bonds. The lowest BCUT2D eigenvalue weighted by Gasteiger charge is -2.08. The van der Waals surface area contributed by atoms with Crippen LogP contribution < -0.4 is 10.2 Å². The van der Waals surface area contributed by atoms with Gasteiger partial charge in [-0.1, -0.05) is 43.7 Å². The lowest BCUT2D eigenvalue weighted by atomic mass is 10.1. The Hall–Kier alpha value is -3.15. The highest BCUT2D eigenvalue weighted by Crippen LogP contribution is 2.13. The van der Waals surface area contributed by atoms with Gasteiger partial charge in [0.05, 0.1) is 17.9 Å². The van der Waals surface area contributed by atoms with E-state index < -0.39 is 0 Å². The van der Waals surface area contributed by atoms with Gasteiger partial charge in [0, 0.05) is 0 Å². The summed E-state index contributed by atoms with van der Waals surface area (Å²) < 4.78 is 10.3. The van der Waals surface area contributed by atoms with Gasteiger partial charge in [-0.15, -0.1) is 0 Å². The molecule has 0 aliphatic rings. The molecule has 0 heterocycles. The number of hydrogen-bond donors (Lipinski definition) is 1. The van der Waals surface area contributed by atoms with E-state index in [4.69, 9.17) is 9.47 Å². The Bertz CT molecular complexity index is 771. The summed E-state index contributed by atoms with van der Waals surface area (Å²) in [6.45, 7) is 3.96. The van der Waals surface area contributed by atoms with Crippen LogP contribution in [0.5, 0.6) is 5.75 Å². The topological polar surface area (TPSA) is 77.0 Å². The Balaban J connectivity index is 1.88. The number of carbonyl (C=O) groups is 2.